The number of rotatable bonds is 4. The first kappa shape index (κ1) is 13.5. The van der Waals surface area contributed by atoms with Crippen LogP contribution in [0.15, 0.2) is 18.3 Å². The molecule has 0 saturated carbocycles. The summed E-state index contributed by atoms with van der Waals surface area (Å²) < 4.78 is 0. The number of aromatic nitrogens is 2. The Hall–Kier alpha value is -1.95. The Morgan fingerprint density at radius 2 is 2.16 bits per heavy atom. The topological polar surface area (TPSA) is 66.9 Å². The van der Waals surface area contributed by atoms with Gasteiger partial charge in [0.1, 0.15) is 10.8 Å². The molecule has 5 nitrogen and oxygen atoms in total. The molecule has 0 aliphatic heterocycles. The Balaban J connectivity index is 2.05. The second-order valence-corrected chi connectivity index (χ2v) is 5.50. The first-order valence-electron chi connectivity index (χ1n) is 5.94. The number of nitrogens with zero attached hydrogens (tertiary/aromatic N) is 2. The fraction of sp³-hybridized carbons (Fsp3) is 0.308. The number of aryl methyl sites for hydroxylation is 2. The summed E-state index contributed by atoms with van der Waals surface area (Å²) in [5.41, 5.74) is 1.41. The van der Waals surface area contributed by atoms with Gasteiger partial charge in [-0.25, -0.2) is 9.97 Å². The number of thiazole rings is 1. The van der Waals surface area contributed by atoms with Crippen molar-refractivity contribution >= 4 is 23.1 Å². The van der Waals surface area contributed by atoms with Gasteiger partial charge in [0.25, 0.3) is 5.91 Å². The zero-order chi connectivity index (χ0) is 13.8. The number of carbonyl (C=O) groups excluding carboxylic acids is 1. The summed E-state index contributed by atoms with van der Waals surface area (Å²) in [4.78, 5) is 21.7. The summed E-state index contributed by atoms with van der Waals surface area (Å²) in [6, 6.07) is 3.50. The maximum absolute atomic E-state index is 12.1. The van der Waals surface area contributed by atoms with Gasteiger partial charge < -0.3 is 10.6 Å². The molecule has 0 fully saturated rings. The Morgan fingerprint density at radius 3 is 2.79 bits per heavy atom. The zero-order valence-corrected chi connectivity index (χ0v) is 12.0. The summed E-state index contributed by atoms with van der Waals surface area (Å²) in [5.74, 6) is 0.574. The highest BCUT2D eigenvalue weighted by atomic mass is 32.1. The molecule has 100 valence electrons. The van der Waals surface area contributed by atoms with E-state index in [4.69, 9.17) is 0 Å². The van der Waals surface area contributed by atoms with Crippen molar-refractivity contribution < 1.29 is 4.79 Å². The van der Waals surface area contributed by atoms with Crippen molar-refractivity contribution in [1.82, 2.24) is 15.3 Å². The highest BCUT2D eigenvalue weighted by Crippen LogP contribution is 2.12. The van der Waals surface area contributed by atoms with Gasteiger partial charge in [-0.1, -0.05) is 0 Å². The SMILES string of the molecule is CNc1cc(C(=O)NCc2ncc(C)s2)cc(C)n1. The van der Waals surface area contributed by atoms with Crippen LogP contribution in [0.1, 0.15) is 25.9 Å². The molecule has 0 aliphatic carbocycles. The first-order chi connectivity index (χ1) is 9.08. The van der Waals surface area contributed by atoms with E-state index in [-0.39, 0.29) is 5.91 Å². The second-order valence-electron chi connectivity index (χ2n) is 4.18. The van der Waals surface area contributed by atoms with E-state index in [1.165, 1.54) is 0 Å². The maximum Gasteiger partial charge on any atom is 0.251 e. The predicted molar refractivity (Wildman–Crippen MR) is 76.5 cm³/mol. The highest BCUT2D eigenvalue weighted by Gasteiger charge is 2.09. The van der Waals surface area contributed by atoms with Crippen LogP contribution in [0.25, 0.3) is 0 Å². The molecule has 1 amide bonds. The molecule has 0 bridgehead atoms. The average Bonchev–Trinajstić information content (AvgIpc) is 2.81. The Labute approximate surface area is 116 Å². The van der Waals surface area contributed by atoms with Gasteiger partial charge in [-0.3, -0.25) is 4.79 Å². The van der Waals surface area contributed by atoms with Gasteiger partial charge in [0.2, 0.25) is 0 Å². The fourth-order valence-electron chi connectivity index (χ4n) is 1.67. The van der Waals surface area contributed by atoms with E-state index in [9.17, 15) is 4.79 Å². The van der Waals surface area contributed by atoms with Crippen LogP contribution >= 0.6 is 11.3 Å². The lowest BCUT2D eigenvalue weighted by Crippen LogP contribution is -2.23. The minimum atomic E-state index is -0.116. The molecule has 2 aromatic heterocycles. The van der Waals surface area contributed by atoms with Crippen LogP contribution in [0.2, 0.25) is 0 Å². The number of carbonyl (C=O) groups is 1. The van der Waals surface area contributed by atoms with E-state index in [0.29, 0.717) is 17.9 Å². The fourth-order valence-corrected chi connectivity index (χ4v) is 2.40. The van der Waals surface area contributed by atoms with Gasteiger partial charge in [-0.15, -0.1) is 11.3 Å². The molecule has 0 aromatic carbocycles. The van der Waals surface area contributed by atoms with E-state index in [0.717, 1.165) is 15.6 Å². The normalized spacial score (nSPS) is 10.3. The Bertz CT molecular complexity index is 594. The molecule has 6 heteroatoms. The third kappa shape index (κ3) is 3.51. The summed E-state index contributed by atoms with van der Waals surface area (Å²) in [6.07, 6.45) is 1.81. The molecular formula is C13H16N4OS. The van der Waals surface area contributed by atoms with Gasteiger partial charge >= 0.3 is 0 Å². The van der Waals surface area contributed by atoms with Crippen LogP contribution < -0.4 is 10.6 Å². The molecule has 0 radical (unpaired) electrons. The van der Waals surface area contributed by atoms with Crippen LogP contribution in [0.5, 0.6) is 0 Å². The summed E-state index contributed by atoms with van der Waals surface area (Å²) in [5, 5.41) is 6.71. The summed E-state index contributed by atoms with van der Waals surface area (Å²) in [7, 11) is 1.78. The van der Waals surface area contributed by atoms with Crippen molar-refractivity contribution in [3.05, 3.63) is 39.5 Å². The number of anilines is 1. The number of hydrogen-bond acceptors (Lipinski definition) is 5. The summed E-state index contributed by atoms with van der Waals surface area (Å²) in [6.45, 7) is 4.31. The Morgan fingerprint density at radius 1 is 1.37 bits per heavy atom. The maximum atomic E-state index is 12.1. The van der Waals surface area contributed by atoms with Crippen LogP contribution in [0, 0.1) is 13.8 Å². The van der Waals surface area contributed by atoms with Gasteiger partial charge in [0.15, 0.2) is 0 Å². The van der Waals surface area contributed by atoms with Crippen LogP contribution in [-0.2, 0) is 6.54 Å². The smallest absolute Gasteiger partial charge is 0.251 e. The second kappa shape index (κ2) is 5.79. The first-order valence-corrected chi connectivity index (χ1v) is 6.76. The molecule has 0 atom stereocenters. The van der Waals surface area contributed by atoms with E-state index in [1.54, 1.807) is 30.5 Å². The predicted octanol–water partition coefficient (Wildman–Crippen LogP) is 2.13. The standard InChI is InChI=1S/C13H16N4OS/c1-8-4-10(5-11(14-3)17-8)13(18)16-7-12-15-6-9(2)19-12/h4-6H,7H2,1-3H3,(H,14,17)(H,16,18). The Kier molecular flexibility index (Phi) is 4.11. The largest absolute Gasteiger partial charge is 0.373 e. The van der Waals surface area contributed by atoms with Gasteiger partial charge in [0, 0.05) is 29.4 Å². The third-order valence-electron chi connectivity index (χ3n) is 2.54. The van der Waals surface area contributed by atoms with Crippen molar-refractivity contribution in [2.75, 3.05) is 12.4 Å². The van der Waals surface area contributed by atoms with Gasteiger partial charge in [-0.05, 0) is 26.0 Å². The van der Waals surface area contributed by atoms with E-state index in [2.05, 4.69) is 20.6 Å². The summed E-state index contributed by atoms with van der Waals surface area (Å²) >= 11 is 1.59. The monoisotopic (exact) mass is 276 g/mol. The molecule has 0 spiro atoms. The van der Waals surface area contributed by atoms with Gasteiger partial charge in [0.05, 0.1) is 6.54 Å². The zero-order valence-electron chi connectivity index (χ0n) is 11.2. The minimum absolute atomic E-state index is 0.116. The molecule has 2 heterocycles. The van der Waals surface area contributed by atoms with Gasteiger partial charge in [-0.2, -0.15) is 0 Å². The minimum Gasteiger partial charge on any atom is -0.373 e. The highest BCUT2D eigenvalue weighted by molar-refractivity contribution is 7.11. The molecular weight excluding hydrogens is 260 g/mol. The van der Waals surface area contributed by atoms with Crippen LogP contribution in [-0.4, -0.2) is 22.9 Å². The van der Waals surface area contributed by atoms with E-state index >= 15 is 0 Å². The number of hydrogen-bond donors (Lipinski definition) is 2. The number of pyridine rings is 1. The molecule has 2 rings (SSSR count). The lowest BCUT2D eigenvalue weighted by Gasteiger charge is -2.06. The number of amides is 1. The molecule has 0 saturated heterocycles. The molecule has 2 aromatic rings. The van der Waals surface area contributed by atoms with Crippen molar-refractivity contribution in [3.63, 3.8) is 0 Å². The lowest BCUT2D eigenvalue weighted by molar-refractivity contribution is 0.0950. The quantitative estimate of drug-likeness (QED) is 0.897. The number of nitrogens with one attached hydrogen (secondary N) is 2. The van der Waals surface area contributed by atoms with E-state index < -0.39 is 0 Å². The average molecular weight is 276 g/mol. The molecule has 19 heavy (non-hydrogen) atoms. The van der Waals surface area contributed by atoms with Crippen molar-refractivity contribution in [1.29, 1.82) is 0 Å². The molecule has 2 N–H and O–H groups in total. The van der Waals surface area contributed by atoms with Crippen LogP contribution in [0.4, 0.5) is 5.82 Å². The molecule has 0 unspecified atom stereocenters. The lowest BCUT2D eigenvalue weighted by atomic mass is 10.2. The van der Waals surface area contributed by atoms with Crippen LogP contribution in [0.3, 0.4) is 0 Å². The van der Waals surface area contributed by atoms with E-state index in [1.807, 2.05) is 20.0 Å². The van der Waals surface area contributed by atoms with Crippen molar-refractivity contribution in [2.24, 2.45) is 0 Å². The molecule has 0 aliphatic rings. The van der Waals surface area contributed by atoms with Crippen molar-refractivity contribution in [2.45, 2.75) is 20.4 Å². The van der Waals surface area contributed by atoms with Crippen molar-refractivity contribution in [3.8, 4) is 0 Å². The third-order valence-corrected chi connectivity index (χ3v) is 3.45.